The number of likely N-dealkylation sites (tertiary alicyclic amines) is 1. The average Bonchev–Trinajstić information content (AvgIpc) is 2.59. The average molecular weight is 366 g/mol. The predicted octanol–water partition coefficient (Wildman–Crippen LogP) is 2.21. The van der Waals surface area contributed by atoms with Crippen LogP contribution in [-0.4, -0.2) is 52.4 Å². The molecular weight excluding hydrogens is 343 g/mol. The molecule has 136 valence electrons. The number of piperidine rings is 1. The fourth-order valence-electron chi connectivity index (χ4n) is 3.00. The zero-order valence-corrected chi connectivity index (χ0v) is 15.3. The summed E-state index contributed by atoms with van der Waals surface area (Å²) in [5, 5.41) is 2.83. The van der Waals surface area contributed by atoms with E-state index in [4.69, 9.17) is 4.74 Å². The van der Waals surface area contributed by atoms with Crippen LogP contribution in [0.4, 0.5) is 4.39 Å². The predicted molar refractivity (Wildman–Crippen MR) is 95.1 cm³/mol. The highest BCUT2D eigenvalue weighted by molar-refractivity contribution is 8.01. The maximum absolute atomic E-state index is 13.7. The van der Waals surface area contributed by atoms with Gasteiger partial charge in [0.1, 0.15) is 12.1 Å². The van der Waals surface area contributed by atoms with Gasteiger partial charge in [-0.2, -0.15) is 0 Å². The lowest BCUT2D eigenvalue weighted by Crippen LogP contribution is -2.58. The third-order valence-electron chi connectivity index (χ3n) is 4.65. The summed E-state index contributed by atoms with van der Waals surface area (Å²) in [7, 11) is 0. The molecule has 2 aliphatic rings. The fourth-order valence-corrected chi connectivity index (χ4v) is 4.00. The van der Waals surface area contributed by atoms with Crippen molar-refractivity contribution in [2.75, 3.05) is 18.8 Å². The van der Waals surface area contributed by atoms with E-state index in [-0.39, 0.29) is 29.5 Å². The first-order valence-corrected chi connectivity index (χ1v) is 9.50. The summed E-state index contributed by atoms with van der Waals surface area (Å²) in [6, 6.07) is 5.89. The van der Waals surface area contributed by atoms with Gasteiger partial charge in [0.2, 0.25) is 11.8 Å². The number of carbonyl (C=O) groups excluding carboxylic acids is 2. The number of nitrogens with zero attached hydrogens (tertiary/aromatic N) is 1. The second-order valence-electron chi connectivity index (χ2n) is 6.92. The molecule has 0 unspecified atom stereocenters. The number of carbonyl (C=O) groups is 2. The van der Waals surface area contributed by atoms with Crippen molar-refractivity contribution in [1.82, 2.24) is 10.2 Å². The number of para-hydroxylation sites is 1. The van der Waals surface area contributed by atoms with Crippen LogP contribution in [0, 0.1) is 5.82 Å². The highest BCUT2D eigenvalue weighted by atomic mass is 32.2. The van der Waals surface area contributed by atoms with E-state index in [2.05, 4.69) is 5.32 Å². The van der Waals surface area contributed by atoms with E-state index < -0.39 is 10.8 Å². The van der Waals surface area contributed by atoms with Gasteiger partial charge in [0.25, 0.3) is 0 Å². The van der Waals surface area contributed by atoms with Crippen molar-refractivity contribution in [3.8, 4) is 5.75 Å². The molecule has 2 saturated heterocycles. The lowest BCUT2D eigenvalue weighted by atomic mass is 10.1. The molecule has 2 aliphatic heterocycles. The number of amides is 2. The largest absolute Gasteiger partial charge is 0.487 e. The second-order valence-corrected chi connectivity index (χ2v) is 8.56. The van der Waals surface area contributed by atoms with Crippen LogP contribution in [0.5, 0.6) is 5.75 Å². The van der Waals surface area contributed by atoms with Crippen LogP contribution >= 0.6 is 11.8 Å². The first-order valence-electron chi connectivity index (χ1n) is 8.52. The van der Waals surface area contributed by atoms with Crippen LogP contribution in [0.1, 0.15) is 26.7 Å². The SMILES string of the molecule is CC1(C)SC[C@H](C(=O)N2CCC(Oc3ccccc3F)CC2)NC1=O. The standard InChI is InChI=1S/C18H23FN2O3S/c1-18(2)17(23)20-14(11-25-18)16(22)21-9-7-12(8-10-21)24-15-6-4-3-5-13(15)19/h3-6,12,14H,7-11H2,1-2H3,(H,20,23)/t14-/m1/s1. The van der Waals surface area contributed by atoms with Crippen molar-refractivity contribution in [2.24, 2.45) is 0 Å². The molecule has 1 aromatic rings. The van der Waals surface area contributed by atoms with E-state index in [0.29, 0.717) is 31.7 Å². The first kappa shape index (κ1) is 18.0. The van der Waals surface area contributed by atoms with Crippen molar-refractivity contribution in [2.45, 2.75) is 43.6 Å². The van der Waals surface area contributed by atoms with Gasteiger partial charge >= 0.3 is 0 Å². The minimum absolute atomic E-state index is 0.0410. The van der Waals surface area contributed by atoms with Gasteiger partial charge in [0, 0.05) is 31.7 Å². The van der Waals surface area contributed by atoms with Gasteiger partial charge in [0.05, 0.1) is 4.75 Å². The molecule has 1 aromatic carbocycles. The van der Waals surface area contributed by atoms with Gasteiger partial charge in [-0.3, -0.25) is 9.59 Å². The lowest BCUT2D eigenvalue weighted by Gasteiger charge is -2.38. The number of hydrogen-bond donors (Lipinski definition) is 1. The molecule has 2 heterocycles. The van der Waals surface area contributed by atoms with Crippen LogP contribution in [0.2, 0.25) is 0 Å². The third kappa shape index (κ3) is 4.08. The van der Waals surface area contributed by atoms with Gasteiger partial charge in [0.15, 0.2) is 11.6 Å². The maximum Gasteiger partial charge on any atom is 0.246 e. The minimum atomic E-state index is -0.489. The Bertz CT molecular complexity index is 659. The van der Waals surface area contributed by atoms with E-state index in [0.717, 1.165) is 0 Å². The van der Waals surface area contributed by atoms with Gasteiger partial charge in [-0.1, -0.05) is 12.1 Å². The summed E-state index contributed by atoms with van der Waals surface area (Å²) >= 11 is 1.51. The maximum atomic E-state index is 13.7. The van der Waals surface area contributed by atoms with Crippen LogP contribution in [0.15, 0.2) is 24.3 Å². The molecule has 0 radical (unpaired) electrons. The molecule has 0 spiro atoms. The molecule has 2 amide bonds. The van der Waals surface area contributed by atoms with Gasteiger partial charge in [-0.05, 0) is 26.0 Å². The Balaban J connectivity index is 1.51. The Kier molecular flexibility index (Phi) is 5.22. The number of ether oxygens (including phenoxy) is 1. The van der Waals surface area contributed by atoms with Crippen molar-refractivity contribution < 1.29 is 18.7 Å². The highest BCUT2D eigenvalue weighted by Crippen LogP contribution is 2.30. The molecule has 0 aliphatic carbocycles. The van der Waals surface area contributed by atoms with E-state index in [1.165, 1.54) is 17.8 Å². The molecule has 25 heavy (non-hydrogen) atoms. The Morgan fingerprint density at radius 3 is 2.64 bits per heavy atom. The summed E-state index contributed by atoms with van der Waals surface area (Å²) < 4.78 is 18.9. The zero-order valence-electron chi connectivity index (χ0n) is 14.5. The summed E-state index contributed by atoms with van der Waals surface area (Å²) in [6.45, 7) is 4.83. The fraction of sp³-hybridized carbons (Fsp3) is 0.556. The highest BCUT2D eigenvalue weighted by Gasteiger charge is 2.39. The van der Waals surface area contributed by atoms with Gasteiger partial charge in [-0.15, -0.1) is 11.8 Å². The second kappa shape index (κ2) is 7.23. The van der Waals surface area contributed by atoms with E-state index in [1.807, 2.05) is 13.8 Å². The number of hydrogen-bond acceptors (Lipinski definition) is 4. The quantitative estimate of drug-likeness (QED) is 0.891. The number of benzene rings is 1. The van der Waals surface area contributed by atoms with Crippen LogP contribution in [0.25, 0.3) is 0 Å². The topological polar surface area (TPSA) is 58.6 Å². The summed E-state index contributed by atoms with van der Waals surface area (Å²) in [5.41, 5.74) is 0. The molecule has 3 rings (SSSR count). The molecule has 0 saturated carbocycles. The van der Waals surface area contributed by atoms with Crippen molar-refractivity contribution in [1.29, 1.82) is 0 Å². The Hall–Kier alpha value is -1.76. The van der Waals surface area contributed by atoms with Gasteiger partial charge in [-0.25, -0.2) is 4.39 Å². The Morgan fingerprint density at radius 2 is 2.00 bits per heavy atom. The molecule has 1 atom stereocenters. The molecule has 2 fully saturated rings. The zero-order chi connectivity index (χ0) is 18.0. The molecule has 7 heteroatoms. The van der Waals surface area contributed by atoms with Crippen molar-refractivity contribution in [3.05, 3.63) is 30.1 Å². The number of rotatable bonds is 3. The summed E-state index contributed by atoms with van der Waals surface area (Å²) in [4.78, 5) is 26.4. The Morgan fingerprint density at radius 1 is 1.32 bits per heavy atom. The van der Waals surface area contributed by atoms with E-state index in [9.17, 15) is 14.0 Å². The molecule has 0 aromatic heterocycles. The molecule has 1 N–H and O–H groups in total. The summed E-state index contributed by atoms with van der Waals surface area (Å²) in [6.07, 6.45) is 1.20. The number of nitrogens with one attached hydrogen (secondary N) is 1. The van der Waals surface area contributed by atoms with Gasteiger partial charge < -0.3 is 15.0 Å². The number of halogens is 1. The lowest BCUT2D eigenvalue weighted by molar-refractivity contribution is -0.138. The third-order valence-corrected chi connectivity index (χ3v) is 6.05. The van der Waals surface area contributed by atoms with Crippen molar-refractivity contribution in [3.63, 3.8) is 0 Å². The smallest absolute Gasteiger partial charge is 0.246 e. The van der Waals surface area contributed by atoms with E-state index >= 15 is 0 Å². The van der Waals surface area contributed by atoms with Crippen LogP contribution in [-0.2, 0) is 9.59 Å². The van der Waals surface area contributed by atoms with Crippen molar-refractivity contribution >= 4 is 23.6 Å². The monoisotopic (exact) mass is 366 g/mol. The van der Waals surface area contributed by atoms with E-state index in [1.54, 1.807) is 23.1 Å². The molecular formula is C18H23FN2O3S. The normalized spacial score (nSPS) is 23.9. The molecule has 0 bridgehead atoms. The Labute approximate surface area is 151 Å². The number of thioether (sulfide) groups is 1. The minimum Gasteiger partial charge on any atom is -0.487 e. The van der Waals surface area contributed by atoms with Crippen LogP contribution in [0.3, 0.4) is 0 Å². The first-order chi connectivity index (χ1) is 11.9. The summed E-state index contributed by atoms with van der Waals surface area (Å²) in [5.74, 6) is 0.333. The molecule has 5 nitrogen and oxygen atoms in total. The van der Waals surface area contributed by atoms with Crippen LogP contribution < -0.4 is 10.1 Å².